The number of hydrogen-bond acceptors (Lipinski definition) is 3. The first-order valence-corrected chi connectivity index (χ1v) is 7.75. The molecular weight excluding hydrogens is 224 g/mol. The molecule has 2 heterocycles. The molecule has 2 saturated heterocycles. The third-order valence-electron chi connectivity index (χ3n) is 4.60. The first kappa shape index (κ1) is 14.3. The van der Waals surface area contributed by atoms with Gasteiger partial charge in [0, 0.05) is 25.1 Å². The van der Waals surface area contributed by atoms with Gasteiger partial charge in [-0.2, -0.15) is 0 Å². The Morgan fingerprint density at radius 1 is 1.33 bits per heavy atom. The summed E-state index contributed by atoms with van der Waals surface area (Å²) in [6.07, 6.45) is 5.39. The zero-order valence-electron chi connectivity index (χ0n) is 12.2. The summed E-state index contributed by atoms with van der Waals surface area (Å²) in [5.41, 5.74) is 0.379. The molecule has 3 heteroatoms. The molecule has 0 aromatic heterocycles. The van der Waals surface area contributed by atoms with Gasteiger partial charge in [0.05, 0.1) is 6.61 Å². The highest BCUT2D eigenvalue weighted by Crippen LogP contribution is 2.30. The Balaban J connectivity index is 1.87. The van der Waals surface area contributed by atoms with Crippen molar-refractivity contribution in [2.24, 2.45) is 11.3 Å². The molecule has 0 aliphatic carbocycles. The monoisotopic (exact) mass is 254 g/mol. The summed E-state index contributed by atoms with van der Waals surface area (Å²) >= 11 is 0. The van der Waals surface area contributed by atoms with E-state index in [0.717, 1.165) is 32.2 Å². The molecule has 2 aliphatic rings. The fourth-order valence-corrected chi connectivity index (χ4v) is 3.31. The van der Waals surface area contributed by atoms with Gasteiger partial charge < -0.3 is 15.0 Å². The molecule has 2 aliphatic heterocycles. The number of rotatable bonds is 5. The lowest BCUT2D eigenvalue weighted by Gasteiger charge is -2.34. The van der Waals surface area contributed by atoms with Crippen LogP contribution < -0.4 is 5.32 Å². The van der Waals surface area contributed by atoms with E-state index in [0.29, 0.717) is 5.41 Å². The minimum atomic E-state index is 0.379. The van der Waals surface area contributed by atoms with E-state index in [1.807, 2.05) is 0 Å². The van der Waals surface area contributed by atoms with Crippen molar-refractivity contribution in [3.05, 3.63) is 0 Å². The average molecular weight is 254 g/mol. The summed E-state index contributed by atoms with van der Waals surface area (Å²) < 4.78 is 5.68. The fourth-order valence-electron chi connectivity index (χ4n) is 3.31. The van der Waals surface area contributed by atoms with E-state index >= 15 is 0 Å². The van der Waals surface area contributed by atoms with Gasteiger partial charge in [0.1, 0.15) is 0 Å². The molecule has 2 fully saturated rings. The van der Waals surface area contributed by atoms with E-state index in [1.165, 1.54) is 45.3 Å². The van der Waals surface area contributed by atoms with Crippen molar-refractivity contribution in [2.45, 2.75) is 39.5 Å². The lowest BCUT2D eigenvalue weighted by Crippen LogP contribution is -2.45. The van der Waals surface area contributed by atoms with Gasteiger partial charge >= 0.3 is 0 Å². The van der Waals surface area contributed by atoms with Crippen molar-refractivity contribution in [1.82, 2.24) is 10.2 Å². The van der Waals surface area contributed by atoms with Crippen molar-refractivity contribution >= 4 is 0 Å². The molecule has 2 rings (SSSR count). The van der Waals surface area contributed by atoms with E-state index < -0.39 is 0 Å². The predicted octanol–water partition coefficient (Wildman–Crippen LogP) is 2.12. The number of hydrogen-bond donors (Lipinski definition) is 1. The van der Waals surface area contributed by atoms with E-state index in [9.17, 15) is 0 Å². The normalized spacial score (nSPS) is 34.7. The second kappa shape index (κ2) is 6.88. The van der Waals surface area contributed by atoms with Gasteiger partial charge in [0.25, 0.3) is 0 Å². The van der Waals surface area contributed by atoms with Gasteiger partial charge in [-0.05, 0) is 51.2 Å². The smallest absolute Gasteiger partial charge is 0.0547 e. The summed E-state index contributed by atoms with van der Waals surface area (Å²) in [6.45, 7) is 12.5. The van der Waals surface area contributed by atoms with Gasteiger partial charge in [-0.3, -0.25) is 0 Å². The summed E-state index contributed by atoms with van der Waals surface area (Å²) in [7, 11) is 0. The van der Waals surface area contributed by atoms with Crippen LogP contribution in [-0.2, 0) is 4.74 Å². The Labute approximate surface area is 112 Å². The second-order valence-electron chi connectivity index (χ2n) is 6.40. The number of likely N-dealkylation sites (tertiary alicyclic amines) is 1. The minimum absolute atomic E-state index is 0.379. The van der Waals surface area contributed by atoms with Gasteiger partial charge in [0.2, 0.25) is 0 Å². The Kier molecular flexibility index (Phi) is 5.46. The lowest BCUT2D eigenvalue weighted by molar-refractivity contribution is 0.110. The second-order valence-corrected chi connectivity index (χ2v) is 6.40. The molecule has 0 amide bonds. The van der Waals surface area contributed by atoms with Crippen molar-refractivity contribution in [3.8, 4) is 0 Å². The quantitative estimate of drug-likeness (QED) is 0.813. The zero-order chi connectivity index (χ0) is 12.8. The van der Waals surface area contributed by atoms with Crippen LogP contribution in [0.15, 0.2) is 0 Å². The molecule has 18 heavy (non-hydrogen) atoms. The van der Waals surface area contributed by atoms with E-state index in [2.05, 4.69) is 24.1 Å². The Bertz CT molecular complexity index is 239. The Morgan fingerprint density at radius 2 is 2.22 bits per heavy atom. The van der Waals surface area contributed by atoms with Gasteiger partial charge in [-0.1, -0.05) is 13.8 Å². The number of nitrogens with zero attached hydrogens (tertiary/aromatic N) is 1. The van der Waals surface area contributed by atoms with Crippen LogP contribution in [0.2, 0.25) is 0 Å². The first-order valence-electron chi connectivity index (χ1n) is 7.75. The highest BCUT2D eigenvalue weighted by molar-refractivity contribution is 4.89. The summed E-state index contributed by atoms with van der Waals surface area (Å²) in [6, 6.07) is 0. The Hall–Kier alpha value is -0.120. The lowest BCUT2D eigenvalue weighted by atomic mass is 9.86. The summed E-state index contributed by atoms with van der Waals surface area (Å²) in [5.74, 6) is 0.916. The van der Waals surface area contributed by atoms with Crippen LogP contribution in [-0.4, -0.2) is 50.8 Å². The van der Waals surface area contributed by atoms with Crippen LogP contribution >= 0.6 is 0 Å². The van der Waals surface area contributed by atoms with Crippen molar-refractivity contribution in [2.75, 3.05) is 45.9 Å². The predicted molar refractivity (Wildman–Crippen MR) is 75.9 cm³/mol. The highest BCUT2D eigenvalue weighted by Gasteiger charge is 2.36. The zero-order valence-corrected chi connectivity index (χ0v) is 12.2. The van der Waals surface area contributed by atoms with Crippen molar-refractivity contribution in [3.63, 3.8) is 0 Å². The SMILES string of the molecule is CCNCC1(CN2CCCC(C)CC2)CCOC1. The number of ether oxygens (including phenoxy) is 1. The van der Waals surface area contributed by atoms with Crippen molar-refractivity contribution in [1.29, 1.82) is 0 Å². The molecule has 0 saturated carbocycles. The van der Waals surface area contributed by atoms with Crippen LogP contribution in [0.1, 0.15) is 39.5 Å². The molecular formula is C15H30N2O. The molecule has 2 unspecified atom stereocenters. The first-order chi connectivity index (χ1) is 8.74. The molecule has 0 spiro atoms. The molecule has 1 N–H and O–H groups in total. The average Bonchev–Trinajstić information content (AvgIpc) is 2.73. The van der Waals surface area contributed by atoms with Crippen LogP contribution in [0.5, 0.6) is 0 Å². The maximum absolute atomic E-state index is 5.68. The standard InChI is InChI=1S/C15H30N2O/c1-3-16-11-15(7-10-18-13-15)12-17-8-4-5-14(2)6-9-17/h14,16H,3-13H2,1-2H3. The molecule has 106 valence electrons. The fraction of sp³-hybridized carbons (Fsp3) is 1.00. The topological polar surface area (TPSA) is 24.5 Å². The van der Waals surface area contributed by atoms with Crippen LogP contribution in [0, 0.1) is 11.3 Å². The highest BCUT2D eigenvalue weighted by atomic mass is 16.5. The van der Waals surface area contributed by atoms with E-state index in [4.69, 9.17) is 4.74 Å². The van der Waals surface area contributed by atoms with Crippen LogP contribution in [0.4, 0.5) is 0 Å². The Morgan fingerprint density at radius 3 is 2.94 bits per heavy atom. The van der Waals surface area contributed by atoms with Crippen molar-refractivity contribution < 1.29 is 4.74 Å². The number of nitrogens with one attached hydrogen (secondary N) is 1. The van der Waals surface area contributed by atoms with Crippen LogP contribution in [0.3, 0.4) is 0 Å². The van der Waals surface area contributed by atoms with Gasteiger partial charge in [-0.25, -0.2) is 0 Å². The minimum Gasteiger partial charge on any atom is -0.381 e. The van der Waals surface area contributed by atoms with Crippen LogP contribution in [0.25, 0.3) is 0 Å². The molecule has 2 atom stereocenters. The molecule has 0 bridgehead atoms. The maximum atomic E-state index is 5.68. The van der Waals surface area contributed by atoms with E-state index in [1.54, 1.807) is 0 Å². The largest absolute Gasteiger partial charge is 0.381 e. The molecule has 0 radical (unpaired) electrons. The summed E-state index contributed by atoms with van der Waals surface area (Å²) in [4.78, 5) is 2.69. The third-order valence-corrected chi connectivity index (χ3v) is 4.60. The van der Waals surface area contributed by atoms with Gasteiger partial charge in [0.15, 0.2) is 0 Å². The molecule has 0 aromatic rings. The summed E-state index contributed by atoms with van der Waals surface area (Å²) in [5, 5.41) is 3.54. The van der Waals surface area contributed by atoms with E-state index in [-0.39, 0.29) is 0 Å². The molecule has 3 nitrogen and oxygen atoms in total. The maximum Gasteiger partial charge on any atom is 0.0547 e. The van der Waals surface area contributed by atoms with Gasteiger partial charge in [-0.15, -0.1) is 0 Å². The third kappa shape index (κ3) is 3.94. The molecule has 0 aromatic carbocycles.